The van der Waals surface area contributed by atoms with Gasteiger partial charge in [0.2, 0.25) is 0 Å². The molecule has 0 aliphatic heterocycles. The number of ether oxygens (including phenoxy) is 1. The van der Waals surface area contributed by atoms with E-state index in [1.54, 1.807) is 0 Å². The quantitative estimate of drug-likeness (QED) is 0.654. The van der Waals surface area contributed by atoms with Crippen LogP contribution in [0.25, 0.3) is 0 Å². The summed E-state index contributed by atoms with van der Waals surface area (Å²) in [4.78, 5) is 21.9. The van der Waals surface area contributed by atoms with E-state index in [-0.39, 0.29) is 0 Å². The Morgan fingerprint density at radius 1 is 1.38 bits per heavy atom. The van der Waals surface area contributed by atoms with E-state index in [4.69, 9.17) is 16.3 Å². The Labute approximate surface area is 137 Å². The van der Waals surface area contributed by atoms with Gasteiger partial charge in [0, 0.05) is 4.92 Å². The van der Waals surface area contributed by atoms with Gasteiger partial charge in [-0.25, -0.2) is 4.79 Å². The van der Waals surface area contributed by atoms with Crippen LogP contribution in [0.3, 0.4) is 0 Å². The number of alkyl halides is 3. The lowest BCUT2D eigenvalue weighted by atomic mass is 9.90. The van der Waals surface area contributed by atoms with Crippen LogP contribution in [0.5, 0.6) is 5.75 Å². The maximum Gasteiger partial charge on any atom is 0.416 e. The van der Waals surface area contributed by atoms with Crippen LogP contribution in [0.15, 0.2) is 42.5 Å². The first-order valence-corrected chi connectivity index (χ1v) is 6.74. The van der Waals surface area contributed by atoms with Crippen molar-refractivity contribution in [2.24, 2.45) is 0 Å². The molecule has 2 atom stereocenters. The minimum absolute atomic E-state index is 0.418. The topological polar surface area (TPSA) is 89.7 Å². The summed E-state index contributed by atoms with van der Waals surface area (Å²) in [6, 6.07) is 0.230. The van der Waals surface area contributed by atoms with Gasteiger partial charge in [-0.2, -0.15) is 13.2 Å². The second-order valence-electron chi connectivity index (χ2n) is 4.82. The molecule has 0 aromatic heterocycles. The molecular formula is C14H9ClF3NO5. The molecule has 2 rings (SSSR count). The highest BCUT2D eigenvalue weighted by atomic mass is 35.5. The van der Waals surface area contributed by atoms with Crippen molar-refractivity contribution >= 4 is 17.6 Å². The van der Waals surface area contributed by atoms with Crippen LogP contribution in [-0.4, -0.2) is 27.6 Å². The van der Waals surface area contributed by atoms with E-state index in [2.05, 4.69) is 0 Å². The average Bonchev–Trinajstić information content (AvgIpc) is 2.48. The second kappa shape index (κ2) is 6.16. The number of nitrogens with zero attached hydrogens (tertiary/aromatic N) is 1. The van der Waals surface area contributed by atoms with Crippen molar-refractivity contribution in [3.8, 4) is 5.75 Å². The van der Waals surface area contributed by atoms with Gasteiger partial charge in [-0.1, -0.05) is 23.8 Å². The molecule has 128 valence electrons. The number of hydrogen-bond acceptors (Lipinski definition) is 4. The van der Waals surface area contributed by atoms with E-state index in [0.29, 0.717) is 12.1 Å². The molecule has 1 aliphatic rings. The van der Waals surface area contributed by atoms with E-state index in [9.17, 15) is 33.2 Å². The molecule has 1 aromatic rings. The van der Waals surface area contributed by atoms with Gasteiger partial charge in [0.1, 0.15) is 5.75 Å². The van der Waals surface area contributed by atoms with Crippen LogP contribution >= 0.6 is 11.6 Å². The van der Waals surface area contributed by atoms with Gasteiger partial charge in [0.05, 0.1) is 10.6 Å². The van der Waals surface area contributed by atoms with Crippen LogP contribution in [0.4, 0.5) is 13.2 Å². The largest absolute Gasteiger partial charge is 0.478 e. The zero-order valence-corrected chi connectivity index (χ0v) is 12.4. The Kier molecular flexibility index (Phi) is 4.57. The third-order valence-electron chi connectivity index (χ3n) is 3.29. The summed E-state index contributed by atoms with van der Waals surface area (Å²) in [7, 11) is 0. The lowest BCUT2D eigenvalue weighted by Crippen LogP contribution is -2.56. The standard InChI is InChI=1S/C14H9ClF3NO5/c15-9-7-8(14(16,17)18)4-5-10(9)24-13(12(20)21)6-2-1-3-11(13)19(22)23/h1-7,11H,(H,20,21). The average molecular weight is 364 g/mol. The van der Waals surface area contributed by atoms with E-state index in [1.165, 1.54) is 12.2 Å². The van der Waals surface area contributed by atoms with Crippen molar-refractivity contribution in [2.45, 2.75) is 17.8 Å². The molecule has 0 bridgehead atoms. The summed E-state index contributed by atoms with van der Waals surface area (Å²) in [5.74, 6) is -2.10. The van der Waals surface area contributed by atoms with Crippen LogP contribution in [0, 0.1) is 10.1 Å². The molecule has 0 saturated carbocycles. The van der Waals surface area contributed by atoms with Crippen LogP contribution in [0.1, 0.15) is 5.56 Å². The first kappa shape index (κ1) is 17.8. The highest BCUT2D eigenvalue weighted by Gasteiger charge is 2.54. The van der Waals surface area contributed by atoms with Gasteiger partial charge >= 0.3 is 12.1 Å². The van der Waals surface area contributed by atoms with E-state index < -0.39 is 45.0 Å². The van der Waals surface area contributed by atoms with Crippen molar-refractivity contribution in [3.63, 3.8) is 0 Å². The smallest absolute Gasteiger partial charge is 0.416 e. The number of aliphatic carboxylic acids is 1. The Hall–Kier alpha value is -2.55. The van der Waals surface area contributed by atoms with Crippen LogP contribution in [0.2, 0.25) is 5.02 Å². The SMILES string of the molecule is O=C(O)C1(Oc2ccc(C(F)(F)F)cc2Cl)C=CC=CC1[N+](=O)[O-]. The molecule has 0 heterocycles. The first-order valence-electron chi connectivity index (χ1n) is 6.36. The highest BCUT2D eigenvalue weighted by molar-refractivity contribution is 6.32. The van der Waals surface area contributed by atoms with Gasteiger partial charge in [-0.05, 0) is 30.4 Å². The Morgan fingerprint density at radius 2 is 2.04 bits per heavy atom. The van der Waals surface area contributed by atoms with E-state index in [0.717, 1.165) is 18.2 Å². The number of benzene rings is 1. The molecule has 0 amide bonds. The van der Waals surface area contributed by atoms with E-state index in [1.807, 2.05) is 0 Å². The summed E-state index contributed by atoms with van der Waals surface area (Å²) in [6.45, 7) is 0. The molecule has 0 spiro atoms. The van der Waals surface area contributed by atoms with Crippen molar-refractivity contribution in [3.05, 3.63) is 63.2 Å². The number of carbonyl (C=O) groups is 1. The second-order valence-corrected chi connectivity index (χ2v) is 5.22. The molecule has 1 aliphatic carbocycles. The Bertz CT molecular complexity index is 746. The summed E-state index contributed by atoms with van der Waals surface area (Å²) in [6.07, 6.45) is -0.203. The molecule has 2 unspecified atom stereocenters. The molecule has 24 heavy (non-hydrogen) atoms. The number of nitro groups is 1. The Balaban J connectivity index is 2.46. The van der Waals surface area contributed by atoms with Gasteiger partial charge in [-0.3, -0.25) is 10.1 Å². The fourth-order valence-corrected chi connectivity index (χ4v) is 2.33. The third-order valence-corrected chi connectivity index (χ3v) is 3.58. The fourth-order valence-electron chi connectivity index (χ4n) is 2.11. The highest BCUT2D eigenvalue weighted by Crippen LogP contribution is 2.37. The lowest BCUT2D eigenvalue weighted by molar-refractivity contribution is -0.523. The van der Waals surface area contributed by atoms with E-state index >= 15 is 0 Å². The van der Waals surface area contributed by atoms with Crippen molar-refractivity contribution in [1.29, 1.82) is 0 Å². The first-order chi connectivity index (χ1) is 11.1. The Morgan fingerprint density at radius 3 is 2.54 bits per heavy atom. The molecular weight excluding hydrogens is 355 g/mol. The number of allylic oxidation sites excluding steroid dienone is 2. The van der Waals surface area contributed by atoms with Gasteiger partial charge < -0.3 is 9.84 Å². The number of carboxylic acid groups (broad SMARTS) is 1. The summed E-state index contributed by atoms with van der Waals surface area (Å²) in [5, 5.41) is 20.0. The molecule has 0 fully saturated rings. The normalized spacial score (nSPS) is 23.1. The lowest BCUT2D eigenvalue weighted by Gasteiger charge is -2.30. The summed E-state index contributed by atoms with van der Waals surface area (Å²) in [5.41, 5.74) is -3.49. The van der Waals surface area contributed by atoms with Crippen LogP contribution in [-0.2, 0) is 11.0 Å². The summed E-state index contributed by atoms with van der Waals surface area (Å²) >= 11 is 5.72. The van der Waals surface area contributed by atoms with Crippen molar-refractivity contribution < 1.29 is 32.7 Å². The van der Waals surface area contributed by atoms with Gasteiger partial charge in [0.15, 0.2) is 0 Å². The fraction of sp³-hybridized carbons (Fsp3) is 0.214. The minimum atomic E-state index is -4.65. The minimum Gasteiger partial charge on any atom is -0.478 e. The number of carboxylic acids is 1. The molecule has 0 radical (unpaired) electrons. The molecule has 0 saturated heterocycles. The molecule has 1 aromatic carbocycles. The summed E-state index contributed by atoms with van der Waals surface area (Å²) < 4.78 is 43.1. The molecule has 1 N–H and O–H groups in total. The predicted octanol–water partition coefficient (Wildman–Crippen LogP) is 3.33. The van der Waals surface area contributed by atoms with Crippen molar-refractivity contribution in [2.75, 3.05) is 0 Å². The number of halogens is 4. The van der Waals surface area contributed by atoms with Gasteiger partial charge in [-0.15, -0.1) is 0 Å². The zero-order valence-electron chi connectivity index (χ0n) is 11.7. The maximum atomic E-state index is 12.6. The van der Waals surface area contributed by atoms with Gasteiger partial charge in [0.25, 0.3) is 11.6 Å². The molecule has 10 heteroatoms. The third kappa shape index (κ3) is 3.21. The zero-order chi connectivity index (χ0) is 18.1. The monoisotopic (exact) mass is 363 g/mol. The molecule has 6 nitrogen and oxygen atoms in total. The van der Waals surface area contributed by atoms with Crippen LogP contribution < -0.4 is 4.74 Å². The van der Waals surface area contributed by atoms with Crippen molar-refractivity contribution in [1.82, 2.24) is 0 Å². The number of hydrogen-bond donors (Lipinski definition) is 1. The predicted molar refractivity (Wildman–Crippen MR) is 76.5 cm³/mol. The number of rotatable bonds is 4. The maximum absolute atomic E-state index is 12.6.